The minimum Gasteiger partial charge on any atom is -0.312 e. The molecule has 4 heteroatoms. The summed E-state index contributed by atoms with van der Waals surface area (Å²) in [5, 5.41) is 3.51. The molecule has 112 valence electrons. The van der Waals surface area contributed by atoms with Gasteiger partial charge in [-0.1, -0.05) is 37.8 Å². The molecule has 1 saturated carbocycles. The zero-order valence-electron chi connectivity index (χ0n) is 12.3. The van der Waals surface area contributed by atoms with Gasteiger partial charge in [0.1, 0.15) is 0 Å². The van der Waals surface area contributed by atoms with Crippen molar-refractivity contribution < 1.29 is 9.59 Å². The predicted molar refractivity (Wildman–Crippen MR) is 81.3 cm³/mol. The fourth-order valence-electron chi connectivity index (χ4n) is 3.31. The fourth-order valence-corrected chi connectivity index (χ4v) is 3.31. The van der Waals surface area contributed by atoms with Crippen LogP contribution in [-0.2, 0) is 0 Å². The SMILES string of the molecule is O=C1c2ccccc2C(=O)N1CCNC1CCCCCC1. The van der Waals surface area contributed by atoms with Crippen molar-refractivity contribution in [3.8, 4) is 0 Å². The molecule has 21 heavy (non-hydrogen) atoms. The third kappa shape index (κ3) is 3.00. The Morgan fingerprint density at radius 2 is 1.52 bits per heavy atom. The Kier molecular flexibility index (Phi) is 4.34. The molecule has 0 saturated heterocycles. The number of hydrogen-bond acceptors (Lipinski definition) is 3. The quantitative estimate of drug-likeness (QED) is 0.683. The van der Waals surface area contributed by atoms with Crippen LogP contribution in [0, 0.1) is 0 Å². The van der Waals surface area contributed by atoms with E-state index in [-0.39, 0.29) is 11.8 Å². The molecule has 1 aliphatic heterocycles. The first-order valence-electron chi connectivity index (χ1n) is 7.96. The van der Waals surface area contributed by atoms with E-state index >= 15 is 0 Å². The predicted octanol–water partition coefficient (Wildman–Crippen LogP) is 2.60. The summed E-state index contributed by atoms with van der Waals surface area (Å²) >= 11 is 0. The third-order valence-electron chi connectivity index (χ3n) is 4.50. The van der Waals surface area contributed by atoms with Crippen LogP contribution in [0.15, 0.2) is 24.3 Å². The molecule has 0 spiro atoms. The maximum atomic E-state index is 12.2. The normalized spacial score (nSPS) is 19.7. The van der Waals surface area contributed by atoms with Crippen LogP contribution in [0.3, 0.4) is 0 Å². The number of carbonyl (C=O) groups is 2. The minimum absolute atomic E-state index is 0.154. The lowest BCUT2D eigenvalue weighted by Gasteiger charge is -2.19. The van der Waals surface area contributed by atoms with Crippen LogP contribution < -0.4 is 5.32 Å². The third-order valence-corrected chi connectivity index (χ3v) is 4.50. The first-order chi connectivity index (χ1) is 10.3. The molecule has 0 unspecified atom stereocenters. The number of nitrogens with zero attached hydrogens (tertiary/aromatic N) is 1. The zero-order chi connectivity index (χ0) is 14.7. The van der Waals surface area contributed by atoms with Crippen molar-refractivity contribution in [1.82, 2.24) is 10.2 Å². The summed E-state index contributed by atoms with van der Waals surface area (Å²) in [6.45, 7) is 1.15. The molecule has 2 amide bonds. The van der Waals surface area contributed by atoms with Gasteiger partial charge < -0.3 is 5.32 Å². The molecule has 3 rings (SSSR count). The van der Waals surface area contributed by atoms with Crippen molar-refractivity contribution in [3.05, 3.63) is 35.4 Å². The van der Waals surface area contributed by atoms with E-state index in [1.54, 1.807) is 24.3 Å². The van der Waals surface area contributed by atoms with Gasteiger partial charge in [-0.2, -0.15) is 0 Å². The van der Waals surface area contributed by atoms with Crippen molar-refractivity contribution in [2.24, 2.45) is 0 Å². The highest BCUT2D eigenvalue weighted by Gasteiger charge is 2.34. The number of hydrogen-bond donors (Lipinski definition) is 1. The molecular formula is C17H22N2O2. The maximum absolute atomic E-state index is 12.2. The topological polar surface area (TPSA) is 49.4 Å². The number of rotatable bonds is 4. The van der Waals surface area contributed by atoms with Crippen LogP contribution >= 0.6 is 0 Å². The molecule has 1 aromatic rings. The Hall–Kier alpha value is -1.68. The Morgan fingerprint density at radius 1 is 0.952 bits per heavy atom. The molecule has 0 bridgehead atoms. The molecule has 0 aromatic heterocycles. The molecule has 4 nitrogen and oxygen atoms in total. The molecule has 1 aliphatic carbocycles. The number of imide groups is 1. The molecule has 1 aromatic carbocycles. The van der Waals surface area contributed by atoms with Gasteiger partial charge in [-0.15, -0.1) is 0 Å². The number of amides is 2. The average molecular weight is 286 g/mol. The van der Waals surface area contributed by atoms with E-state index in [1.165, 1.54) is 43.4 Å². The number of nitrogens with one attached hydrogen (secondary N) is 1. The van der Waals surface area contributed by atoms with Gasteiger partial charge in [0, 0.05) is 19.1 Å². The molecule has 0 atom stereocenters. The summed E-state index contributed by atoms with van der Waals surface area (Å²) in [5.41, 5.74) is 1.08. The van der Waals surface area contributed by atoms with Gasteiger partial charge in [0.25, 0.3) is 11.8 Å². The van der Waals surface area contributed by atoms with E-state index in [0.717, 1.165) is 0 Å². The van der Waals surface area contributed by atoms with Gasteiger partial charge in [0.2, 0.25) is 0 Å². The lowest BCUT2D eigenvalue weighted by molar-refractivity contribution is 0.0654. The zero-order valence-corrected chi connectivity index (χ0v) is 12.3. The van der Waals surface area contributed by atoms with E-state index in [0.29, 0.717) is 30.3 Å². The smallest absolute Gasteiger partial charge is 0.261 e. The molecule has 1 N–H and O–H groups in total. The molecule has 1 fully saturated rings. The highest BCUT2D eigenvalue weighted by Crippen LogP contribution is 2.22. The van der Waals surface area contributed by atoms with Gasteiger partial charge >= 0.3 is 0 Å². The second-order valence-corrected chi connectivity index (χ2v) is 5.95. The maximum Gasteiger partial charge on any atom is 0.261 e. The molecule has 1 heterocycles. The van der Waals surface area contributed by atoms with Gasteiger partial charge in [-0.3, -0.25) is 14.5 Å². The Bertz CT molecular complexity index is 498. The van der Waals surface area contributed by atoms with Crippen molar-refractivity contribution in [3.63, 3.8) is 0 Å². The fraction of sp³-hybridized carbons (Fsp3) is 0.529. The number of carbonyl (C=O) groups excluding carboxylic acids is 2. The lowest BCUT2D eigenvalue weighted by atomic mass is 10.1. The molecule has 2 aliphatic rings. The van der Waals surface area contributed by atoms with Crippen LogP contribution in [0.5, 0.6) is 0 Å². The van der Waals surface area contributed by atoms with Gasteiger partial charge in [-0.25, -0.2) is 0 Å². The standard InChI is InChI=1S/C17H22N2O2/c20-16-14-9-5-6-10-15(14)17(21)19(16)12-11-18-13-7-3-1-2-4-8-13/h5-6,9-10,13,18H,1-4,7-8,11-12H2. The Labute approximate surface area is 125 Å². The number of fused-ring (bicyclic) bond motifs is 1. The Balaban J connectivity index is 1.54. The van der Waals surface area contributed by atoms with Crippen LogP contribution in [0.2, 0.25) is 0 Å². The number of benzene rings is 1. The van der Waals surface area contributed by atoms with Gasteiger partial charge in [0.05, 0.1) is 11.1 Å². The van der Waals surface area contributed by atoms with Gasteiger partial charge in [0.15, 0.2) is 0 Å². The van der Waals surface area contributed by atoms with Crippen LogP contribution in [0.1, 0.15) is 59.2 Å². The van der Waals surface area contributed by atoms with Crippen LogP contribution in [-0.4, -0.2) is 35.8 Å². The average Bonchev–Trinajstić information content (AvgIpc) is 2.70. The lowest BCUT2D eigenvalue weighted by Crippen LogP contribution is -2.39. The highest BCUT2D eigenvalue weighted by molar-refractivity contribution is 6.21. The van der Waals surface area contributed by atoms with E-state index in [4.69, 9.17) is 0 Å². The molecular weight excluding hydrogens is 264 g/mol. The minimum atomic E-state index is -0.154. The summed E-state index contributed by atoms with van der Waals surface area (Å²) in [6.07, 6.45) is 7.65. The van der Waals surface area contributed by atoms with Crippen molar-refractivity contribution in [2.45, 2.75) is 44.6 Å². The second kappa shape index (κ2) is 6.39. The van der Waals surface area contributed by atoms with Gasteiger partial charge in [-0.05, 0) is 25.0 Å². The van der Waals surface area contributed by atoms with E-state index in [9.17, 15) is 9.59 Å². The highest BCUT2D eigenvalue weighted by atomic mass is 16.2. The van der Waals surface area contributed by atoms with E-state index < -0.39 is 0 Å². The molecule has 0 radical (unpaired) electrons. The first-order valence-corrected chi connectivity index (χ1v) is 7.96. The summed E-state index contributed by atoms with van der Waals surface area (Å²) in [6, 6.07) is 7.61. The van der Waals surface area contributed by atoms with Crippen LogP contribution in [0.4, 0.5) is 0 Å². The monoisotopic (exact) mass is 286 g/mol. The van der Waals surface area contributed by atoms with E-state index in [2.05, 4.69) is 5.32 Å². The van der Waals surface area contributed by atoms with Crippen molar-refractivity contribution in [1.29, 1.82) is 0 Å². The summed E-state index contributed by atoms with van der Waals surface area (Å²) in [4.78, 5) is 25.8. The summed E-state index contributed by atoms with van der Waals surface area (Å²) < 4.78 is 0. The largest absolute Gasteiger partial charge is 0.312 e. The van der Waals surface area contributed by atoms with Crippen LogP contribution in [0.25, 0.3) is 0 Å². The van der Waals surface area contributed by atoms with Crippen molar-refractivity contribution in [2.75, 3.05) is 13.1 Å². The Morgan fingerprint density at radius 3 is 2.10 bits per heavy atom. The first kappa shape index (κ1) is 14.3. The summed E-state index contributed by atoms with van der Waals surface area (Å²) in [5.74, 6) is -0.309. The summed E-state index contributed by atoms with van der Waals surface area (Å²) in [7, 11) is 0. The van der Waals surface area contributed by atoms with E-state index in [1.807, 2.05) is 0 Å². The second-order valence-electron chi connectivity index (χ2n) is 5.95. The van der Waals surface area contributed by atoms with Crippen molar-refractivity contribution >= 4 is 11.8 Å².